The summed E-state index contributed by atoms with van der Waals surface area (Å²) in [5, 5.41) is 0. The lowest BCUT2D eigenvalue weighted by molar-refractivity contribution is 0.0602. The first-order valence-electron chi connectivity index (χ1n) is 7.35. The SMILES string of the molecule is CCN(CC)c1cccc(N(CC)CC)c1C(=O)OC. The second-order valence-electron chi connectivity index (χ2n) is 4.51. The van der Waals surface area contributed by atoms with Gasteiger partial charge >= 0.3 is 5.97 Å². The summed E-state index contributed by atoms with van der Waals surface area (Å²) in [5.41, 5.74) is 2.57. The lowest BCUT2D eigenvalue weighted by atomic mass is 10.1. The lowest BCUT2D eigenvalue weighted by Gasteiger charge is -2.29. The topological polar surface area (TPSA) is 32.8 Å². The van der Waals surface area contributed by atoms with Gasteiger partial charge in [0.1, 0.15) is 5.56 Å². The van der Waals surface area contributed by atoms with E-state index in [1.54, 1.807) is 0 Å². The monoisotopic (exact) mass is 278 g/mol. The van der Waals surface area contributed by atoms with Crippen LogP contribution in [0.1, 0.15) is 38.1 Å². The number of carbonyl (C=O) groups excluding carboxylic acids is 1. The maximum absolute atomic E-state index is 12.3. The molecule has 0 aliphatic rings. The van der Waals surface area contributed by atoms with Gasteiger partial charge in [0.2, 0.25) is 0 Å². The van der Waals surface area contributed by atoms with Crippen LogP contribution in [0.3, 0.4) is 0 Å². The third-order valence-electron chi connectivity index (χ3n) is 3.62. The van der Waals surface area contributed by atoms with Crippen LogP contribution in [0.25, 0.3) is 0 Å². The number of hydrogen-bond donors (Lipinski definition) is 0. The summed E-state index contributed by atoms with van der Waals surface area (Å²) in [6.07, 6.45) is 0. The highest BCUT2D eigenvalue weighted by atomic mass is 16.5. The van der Waals surface area contributed by atoms with E-state index in [1.807, 2.05) is 18.2 Å². The van der Waals surface area contributed by atoms with Crippen LogP contribution in [0.4, 0.5) is 11.4 Å². The highest BCUT2D eigenvalue weighted by Gasteiger charge is 2.22. The summed E-state index contributed by atoms with van der Waals surface area (Å²) in [6, 6.07) is 5.99. The van der Waals surface area contributed by atoms with Gasteiger partial charge in [0, 0.05) is 26.2 Å². The predicted molar refractivity (Wildman–Crippen MR) is 84.9 cm³/mol. The fourth-order valence-corrected chi connectivity index (χ4v) is 2.50. The van der Waals surface area contributed by atoms with E-state index in [0.717, 1.165) is 37.6 Å². The Bertz CT molecular complexity index is 408. The van der Waals surface area contributed by atoms with E-state index in [-0.39, 0.29) is 5.97 Å². The van der Waals surface area contributed by atoms with E-state index in [4.69, 9.17) is 4.74 Å². The maximum Gasteiger partial charge on any atom is 0.342 e. The zero-order valence-electron chi connectivity index (χ0n) is 13.3. The van der Waals surface area contributed by atoms with Crippen molar-refractivity contribution in [1.82, 2.24) is 0 Å². The van der Waals surface area contributed by atoms with Crippen molar-refractivity contribution in [1.29, 1.82) is 0 Å². The Hall–Kier alpha value is -1.71. The summed E-state index contributed by atoms with van der Waals surface area (Å²) in [6.45, 7) is 11.8. The second-order valence-corrected chi connectivity index (χ2v) is 4.51. The molecule has 0 aliphatic heterocycles. The lowest BCUT2D eigenvalue weighted by Crippen LogP contribution is -2.28. The minimum Gasteiger partial charge on any atom is -0.465 e. The molecule has 0 heterocycles. The van der Waals surface area contributed by atoms with Gasteiger partial charge in [-0.3, -0.25) is 0 Å². The summed E-state index contributed by atoms with van der Waals surface area (Å²) >= 11 is 0. The molecule has 1 aromatic carbocycles. The average Bonchev–Trinajstić information content (AvgIpc) is 2.49. The number of esters is 1. The number of methoxy groups -OCH3 is 1. The fourth-order valence-electron chi connectivity index (χ4n) is 2.50. The van der Waals surface area contributed by atoms with Crippen molar-refractivity contribution in [3.63, 3.8) is 0 Å². The molecule has 0 amide bonds. The van der Waals surface area contributed by atoms with E-state index in [9.17, 15) is 4.79 Å². The minimum absolute atomic E-state index is 0.269. The Labute approximate surface area is 122 Å². The normalized spacial score (nSPS) is 10.2. The summed E-state index contributed by atoms with van der Waals surface area (Å²) < 4.78 is 5.00. The summed E-state index contributed by atoms with van der Waals surface area (Å²) in [4.78, 5) is 16.6. The number of rotatable bonds is 7. The molecule has 0 bridgehead atoms. The minimum atomic E-state index is -0.269. The number of hydrogen-bond acceptors (Lipinski definition) is 4. The van der Waals surface area contributed by atoms with E-state index >= 15 is 0 Å². The molecule has 112 valence electrons. The van der Waals surface area contributed by atoms with Gasteiger partial charge in [-0.15, -0.1) is 0 Å². The summed E-state index contributed by atoms with van der Waals surface area (Å²) in [5.74, 6) is -0.269. The molecule has 1 rings (SSSR count). The van der Waals surface area contributed by atoms with Crippen LogP contribution in [0.15, 0.2) is 18.2 Å². The largest absolute Gasteiger partial charge is 0.465 e. The van der Waals surface area contributed by atoms with Gasteiger partial charge in [0.15, 0.2) is 0 Å². The molecule has 0 unspecified atom stereocenters. The Balaban J connectivity index is 3.45. The molecule has 0 fully saturated rings. The third-order valence-corrected chi connectivity index (χ3v) is 3.62. The molecule has 0 aromatic heterocycles. The van der Waals surface area contributed by atoms with Gasteiger partial charge in [-0.2, -0.15) is 0 Å². The smallest absolute Gasteiger partial charge is 0.342 e. The first-order chi connectivity index (χ1) is 9.64. The Morgan fingerprint density at radius 1 is 0.950 bits per heavy atom. The number of nitrogens with zero attached hydrogens (tertiary/aromatic N) is 2. The quantitative estimate of drug-likeness (QED) is 0.717. The average molecular weight is 278 g/mol. The highest BCUT2D eigenvalue weighted by molar-refractivity contribution is 6.02. The number of benzene rings is 1. The van der Waals surface area contributed by atoms with Crippen LogP contribution in [-0.2, 0) is 4.74 Å². The number of carbonyl (C=O) groups is 1. The molecule has 0 saturated heterocycles. The van der Waals surface area contributed by atoms with Crippen molar-refractivity contribution in [2.24, 2.45) is 0 Å². The van der Waals surface area contributed by atoms with E-state index < -0.39 is 0 Å². The Morgan fingerprint density at radius 2 is 1.35 bits per heavy atom. The zero-order chi connectivity index (χ0) is 15.1. The van der Waals surface area contributed by atoms with Crippen molar-refractivity contribution in [2.75, 3.05) is 43.1 Å². The van der Waals surface area contributed by atoms with Gasteiger partial charge < -0.3 is 14.5 Å². The molecule has 4 nitrogen and oxygen atoms in total. The molecule has 0 atom stereocenters. The van der Waals surface area contributed by atoms with Crippen molar-refractivity contribution in [3.8, 4) is 0 Å². The van der Waals surface area contributed by atoms with Crippen molar-refractivity contribution in [3.05, 3.63) is 23.8 Å². The molecule has 4 heteroatoms. The standard InChI is InChI=1S/C16H26N2O2/c1-6-17(7-2)13-11-10-12-14(18(8-3)9-4)15(13)16(19)20-5/h10-12H,6-9H2,1-5H3. The van der Waals surface area contributed by atoms with Crippen LogP contribution >= 0.6 is 0 Å². The molecule has 0 radical (unpaired) electrons. The third kappa shape index (κ3) is 3.24. The van der Waals surface area contributed by atoms with Crippen molar-refractivity contribution in [2.45, 2.75) is 27.7 Å². The molecule has 0 saturated carbocycles. The van der Waals surface area contributed by atoms with Crippen LogP contribution < -0.4 is 9.80 Å². The molecular weight excluding hydrogens is 252 g/mol. The second kappa shape index (κ2) is 7.78. The summed E-state index contributed by atoms with van der Waals surface area (Å²) in [7, 11) is 1.44. The van der Waals surface area contributed by atoms with Crippen molar-refractivity contribution < 1.29 is 9.53 Å². The first kappa shape index (κ1) is 16.3. The molecule has 1 aromatic rings. The van der Waals surface area contributed by atoms with E-state index in [0.29, 0.717) is 5.56 Å². The maximum atomic E-state index is 12.3. The molecule has 0 spiro atoms. The van der Waals surface area contributed by atoms with E-state index in [1.165, 1.54) is 7.11 Å². The van der Waals surface area contributed by atoms with Crippen LogP contribution in [-0.4, -0.2) is 39.3 Å². The zero-order valence-corrected chi connectivity index (χ0v) is 13.3. The molecule has 0 aliphatic carbocycles. The molecular formula is C16H26N2O2. The highest BCUT2D eigenvalue weighted by Crippen LogP contribution is 2.31. The van der Waals surface area contributed by atoms with Crippen LogP contribution in [0.5, 0.6) is 0 Å². The number of anilines is 2. The molecule has 20 heavy (non-hydrogen) atoms. The van der Waals surface area contributed by atoms with Crippen LogP contribution in [0, 0.1) is 0 Å². The van der Waals surface area contributed by atoms with Crippen LogP contribution in [0.2, 0.25) is 0 Å². The van der Waals surface area contributed by atoms with Gasteiger partial charge in [-0.05, 0) is 39.8 Å². The first-order valence-corrected chi connectivity index (χ1v) is 7.35. The van der Waals surface area contributed by atoms with Gasteiger partial charge in [-0.25, -0.2) is 4.79 Å². The van der Waals surface area contributed by atoms with Gasteiger partial charge in [-0.1, -0.05) is 6.07 Å². The Morgan fingerprint density at radius 3 is 1.65 bits per heavy atom. The fraction of sp³-hybridized carbons (Fsp3) is 0.562. The number of ether oxygens (including phenoxy) is 1. The van der Waals surface area contributed by atoms with Crippen molar-refractivity contribution >= 4 is 17.3 Å². The van der Waals surface area contributed by atoms with E-state index in [2.05, 4.69) is 37.5 Å². The molecule has 0 N–H and O–H groups in total. The van der Waals surface area contributed by atoms with Gasteiger partial charge in [0.25, 0.3) is 0 Å². The predicted octanol–water partition coefficient (Wildman–Crippen LogP) is 3.17. The Kier molecular flexibility index (Phi) is 6.36. The van der Waals surface area contributed by atoms with Gasteiger partial charge in [0.05, 0.1) is 18.5 Å².